The largest absolute Gasteiger partial charge is 0.573 e. The predicted octanol–water partition coefficient (Wildman–Crippen LogP) is 2.91. The lowest BCUT2D eigenvalue weighted by molar-refractivity contribution is -0.274. The van der Waals surface area contributed by atoms with Crippen molar-refractivity contribution in [3.63, 3.8) is 0 Å². The summed E-state index contributed by atoms with van der Waals surface area (Å²) in [5.74, 6) is -2.37. The Labute approximate surface area is 190 Å². The fraction of sp³-hybridized carbons (Fsp3) is 0.318. The molecule has 0 atom stereocenters. The Balaban J connectivity index is 1.54. The van der Waals surface area contributed by atoms with Crippen LogP contribution < -0.4 is 9.64 Å². The molecule has 0 unspecified atom stereocenters. The molecule has 0 saturated carbocycles. The van der Waals surface area contributed by atoms with Gasteiger partial charge in [0.25, 0.3) is 5.91 Å². The number of aliphatic hydroxyl groups excluding tert-OH is 1. The molecule has 1 N–H and O–H groups in total. The van der Waals surface area contributed by atoms with Crippen LogP contribution >= 0.6 is 0 Å². The van der Waals surface area contributed by atoms with E-state index in [1.807, 2.05) is 4.90 Å². The predicted molar refractivity (Wildman–Crippen MR) is 113 cm³/mol. The van der Waals surface area contributed by atoms with Gasteiger partial charge in [0.15, 0.2) is 11.5 Å². The first-order chi connectivity index (χ1) is 16.1. The first-order valence-corrected chi connectivity index (χ1v) is 10.4. The molecule has 2 aromatic heterocycles. The zero-order valence-corrected chi connectivity index (χ0v) is 17.7. The minimum Gasteiger partial charge on any atom is -0.406 e. The van der Waals surface area contributed by atoms with Gasteiger partial charge in [-0.2, -0.15) is 5.10 Å². The van der Waals surface area contributed by atoms with Gasteiger partial charge >= 0.3 is 6.36 Å². The Morgan fingerprint density at radius 2 is 1.79 bits per heavy atom. The van der Waals surface area contributed by atoms with Gasteiger partial charge in [-0.25, -0.2) is 14.1 Å². The Bertz CT molecular complexity index is 1260. The molecule has 1 aromatic carbocycles. The van der Waals surface area contributed by atoms with Crippen molar-refractivity contribution >= 4 is 22.6 Å². The number of halogens is 4. The Morgan fingerprint density at radius 3 is 2.38 bits per heavy atom. The Hall–Kier alpha value is -3.67. The topological polar surface area (TPSA) is 83.7 Å². The highest BCUT2D eigenvalue weighted by atomic mass is 19.4. The highest BCUT2D eigenvalue weighted by Gasteiger charge is 2.38. The number of hydrogen-bond donors (Lipinski definition) is 1. The molecule has 1 amide bonds. The van der Waals surface area contributed by atoms with E-state index < -0.39 is 24.2 Å². The van der Waals surface area contributed by atoms with Gasteiger partial charge in [0.2, 0.25) is 0 Å². The monoisotopic (exact) mass is 477 g/mol. The summed E-state index contributed by atoms with van der Waals surface area (Å²) in [7, 11) is 0. The lowest BCUT2D eigenvalue weighted by atomic mass is 9.93. The van der Waals surface area contributed by atoms with Crippen molar-refractivity contribution in [2.45, 2.75) is 18.4 Å². The van der Waals surface area contributed by atoms with Crippen LogP contribution in [0.25, 0.3) is 16.7 Å². The molecule has 2 fully saturated rings. The molecular weight excluding hydrogens is 458 g/mol. The number of aromatic nitrogens is 3. The normalized spacial score (nSPS) is 17.0. The first-order valence-electron chi connectivity index (χ1n) is 10.4. The number of benzene rings is 1. The van der Waals surface area contributed by atoms with Gasteiger partial charge in [0, 0.05) is 38.3 Å². The molecule has 0 spiro atoms. The molecule has 3 aromatic rings. The summed E-state index contributed by atoms with van der Waals surface area (Å²) in [6.45, 7) is 4.39. The molecule has 0 aliphatic carbocycles. The lowest BCUT2D eigenvalue weighted by Gasteiger charge is -2.40. The number of ether oxygens (including phenoxy) is 1. The van der Waals surface area contributed by atoms with Crippen LogP contribution in [0.2, 0.25) is 0 Å². The molecule has 2 saturated heterocycles. The molecular formula is C22H19F4N5O3. The molecule has 178 valence electrons. The van der Waals surface area contributed by atoms with E-state index in [1.54, 1.807) is 12.3 Å². The molecule has 4 heterocycles. The highest BCUT2D eigenvalue weighted by molar-refractivity contribution is 5.95. The quantitative estimate of drug-likeness (QED) is 0.450. The minimum absolute atomic E-state index is 0.200. The number of anilines is 1. The van der Waals surface area contributed by atoms with Crippen LogP contribution in [0, 0.1) is 0 Å². The number of aliphatic hydroxyl groups is 1. The molecule has 0 bridgehead atoms. The minimum atomic E-state index is -4.80. The van der Waals surface area contributed by atoms with Crippen molar-refractivity contribution in [3.8, 4) is 11.4 Å². The third kappa shape index (κ3) is 3.94. The third-order valence-corrected chi connectivity index (χ3v) is 5.88. The second-order valence-electron chi connectivity index (χ2n) is 8.24. The van der Waals surface area contributed by atoms with E-state index in [1.165, 1.54) is 33.8 Å². The Kier molecular flexibility index (Phi) is 5.19. The van der Waals surface area contributed by atoms with E-state index in [9.17, 15) is 27.5 Å². The van der Waals surface area contributed by atoms with Crippen LogP contribution in [0.15, 0.2) is 48.9 Å². The van der Waals surface area contributed by atoms with Crippen LogP contribution in [-0.4, -0.2) is 69.3 Å². The highest BCUT2D eigenvalue weighted by Crippen LogP contribution is 2.39. The maximum Gasteiger partial charge on any atom is 0.573 e. The third-order valence-electron chi connectivity index (χ3n) is 5.88. The summed E-state index contributed by atoms with van der Waals surface area (Å²) in [6.07, 6.45) is -3.66. The smallest absolute Gasteiger partial charge is 0.406 e. The second kappa shape index (κ2) is 7.97. The van der Waals surface area contributed by atoms with Crippen molar-refractivity contribution in [1.82, 2.24) is 19.7 Å². The average molecular weight is 477 g/mol. The van der Waals surface area contributed by atoms with Crippen LogP contribution in [-0.2, 0) is 4.79 Å². The fourth-order valence-electron chi connectivity index (χ4n) is 4.21. The summed E-state index contributed by atoms with van der Waals surface area (Å²) < 4.78 is 56.2. The summed E-state index contributed by atoms with van der Waals surface area (Å²) >= 11 is 0. The average Bonchev–Trinajstić information content (AvgIpc) is 3.09. The number of pyridine rings is 1. The molecule has 34 heavy (non-hydrogen) atoms. The maximum absolute atomic E-state index is 13.2. The summed E-state index contributed by atoms with van der Waals surface area (Å²) in [6, 6.07) is 7.03. The molecule has 8 nitrogen and oxygen atoms in total. The van der Waals surface area contributed by atoms with Gasteiger partial charge in [-0.3, -0.25) is 4.79 Å². The molecule has 2 aliphatic heterocycles. The van der Waals surface area contributed by atoms with E-state index in [0.717, 1.165) is 5.69 Å². The number of β-amino-alcohol motifs (C(OH)–C–C–N with tert-alkyl or cyclic N) is 1. The summed E-state index contributed by atoms with van der Waals surface area (Å²) in [5, 5.41) is 15.2. The number of alkyl halides is 3. The van der Waals surface area contributed by atoms with Crippen molar-refractivity contribution in [2.75, 3.05) is 31.1 Å². The second-order valence-corrected chi connectivity index (χ2v) is 8.24. The maximum atomic E-state index is 13.2. The van der Waals surface area contributed by atoms with Crippen molar-refractivity contribution in [3.05, 3.63) is 54.6 Å². The number of carbonyl (C=O) groups excluding carboxylic acids is 1. The van der Waals surface area contributed by atoms with Crippen molar-refractivity contribution in [2.24, 2.45) is 0 Å². The van der Waals surface area contributed by atoms with Crippen LogP contribution in [0.1, 0.15) is 11.6 Å². The molecule has 2 aliphatic rings. The Morgan fingerprint density at radius 1 is 1.12 bits per heavy atom. The van der Waals surface area contributed by atoms with E-state index in [4.69, 9.17) is 5.10 Å². The van der Waals surface area contributed by atoms with E-state index in [0.29, 0.717) is 35.5 Å². The van der Waals surface area contributed by atoms with Gasteiger partial charge in [-0.05, 0) is 30.3 Å². The number of likely N-dealkylation sites (tertiary alicyclic amines) is 1. The van der Waals surface area contributed by atoms with Crippen LogP contribution in [0.5, 0.6) is 5.75 Å². The van der Waals surface area contributed by atoms with Crippen molar-refractivity contribution < 1.29 is 32.2 Å². The van der Waals surface area contributed by atoms with E-state index in [2.05, 4.69) is 16.3 Å². The zero-order valence-electron chi connectivity index (χ0n) is 17.7. The SMILES string of the molecule is C=C(F)C(=O)N1CC(c2nn(-c3ccc(OC(F)(F)F)cc3)c3nccc(N4CC(O)C4)c23)C1. The summed E-state index contributed by atoms with van der Waals surface area (Å²) in [4.78, 5) is 19.6. The summed E-state index contributed by atoms with van der Waals surface area (Å²) in [5.41, 5.74) is 2.36. The number of nitrogens with zero attached hydrogens (tertiary/aromatic N) is 5. The van der Waals surface area contributed by atoms with Gasteiger partial charge in [0.05, 0.1) is 28.6 Å². The number of amides is 1. The molecule has 12 heteroatoms. The van der Waals surface area contributed by atoms with Gasteiger partial charge in [-0.15, -0.1) is 13.2 Å². The molecule has 0 radical (unpaired) electrons. The van der Waals surface area contributed by atoms with Crippen LogP contribution in [0.4, 0.5) is 23.2 Å². The van der Waals surface area contributed by atoms with Crippen LogP contribution in [0.3, 0.4) is 0 Å². The van der Waals surface area contributed by atoms with Gasteiger partial charge in [0.1, 0.15) is 5.75 Å². The van der Waals surface area contributed by atoms with Crippen molar-refractivity contribution in [1.29, 1.82) is 0 Å². The van der Waals surface area contributed by atoms with Gasteiger partial charge in [-0.1, -0.05) is 6.58 Å². The lowest BCUT2D eigenvalue weighted by Crippen LogP contribution is -2.51. The number of rotatable bonds is 5. The van der Waals surface area contributed by atoms with Gasteiger partial charge < -0.3 is 19.6 Å². The molecule has 5 rings (SSSR count). The number of carbonyl (C=O) groups is 1. The zero-order chi connectivity index (χ0) is 24.2. The fourth-order valence-corrected chi connectivity index (χ4v) is 4.21. The number of fused-ring (bicyclic) bond motifs is 1. The van der Waals surface area contributed by atoms with E-state index in [-0.39, 0.29) is 24.8 Å². The number of hydrogen-bond acceptors (Lipinski definition) is 6. The first kappa shape index (κ1) is 22.1. The standard InChI is InChI=1S/C22H19F4N5O3/c1-12(23)21(33)30-8-13(9-30)19-18-17(29-10-15(32)11-29)6-7-27-20(18)31(28-19)14-2-4-16(5-3-14)34-22(24,25)26/h2-7,13,15,32H,1,8-11H2. The van der Waals surface area contributed by atoms with E-state index >= 15 is 0 Å².